The predicted molar refractivity (Wildman–Crippen MR) is 114 cm³/mol. The zero-order valence-corrected chi connectivity index (χ0v) is 19.1. The van der Waals surface area contributed by atoms with Gasteiger partial charge in [-0.15, -0.1) is 0 Å². The first-order chi connectivity index (χ1) is 13.5. The Bertz CT molecular complexity index is 899. The maximum atomic E-state index is 13.2. The van der Waals surface area contributed by atoms with Crippen molar-refractivity contribution in [3.8, 4) is 0 Å². The van der Waals surface area contributed by atoms with Gasteiger partial charge in [0.15, 0.2) is 19.7 Å². The van der Waals surface area contributed by atoms with E-state index in [-0.39, 0.29) is 21.8 Å². The van der Waals surface area contributed by atoms with E-state index in [1.165, 1.54) is 0 Å². The van der Waals surface area contributed by atoms with Gasteiger partial charge < -0.3 is 10.1 Å². The van der Waals surface area contributed by atoms with Crippen LogP contribution < -0.4 is 5.32 Å². The van der Waals surface area contributed by atoms with Gasteiger partial charge in [-0.05, 0) is 23.1 Å². The van der Waals surface area contributed by atoms with Gasteiger partial charge in [-0.25, -0.2) is 16.8 Å². The van der Waals surface area contributed by atoms with Crippen molar-refractivity contribution in [2.75, 3.05) is 50.9 Å². The number of benzene rings is 1. The summed E-state index contributed by atoms with van der Waals surface area (Å²) in [6.07, 6.45) is 0. The van der Waals surface area contributed by atoms with E-state index in [4.69, 9.17) is 4.74 Å². The molecule has 1 aromatic rings. The minimum absolute atomic E-state index is 0.0808. The van der Waals surface area contributed by atoms with E-state index < -0.39 is 31.0 Å². The van der Waals surface area contributed by atoms with E-state index in [0.717, 1.165) is 25.2 Å². The standard InChI is InChI=1S/C20H32N2O5S2/c1-20(2,3)16-4-6-17(7-5-16)29(25,26)19-15-28(23,24)14-18(19)21-8-9-22-10-12-27-13-11-22/h4-7,18-19,21H,8-15H2,1-3H3/t18-,19-/m0/s1. The zero-order chi connectivity index (χ0) is 21.3. The molecule has 3 rings (SSSR count). The van der Waals surface area contributed by atoms with Crippen LogP contribution in [0.2, 0.25) is 0 Å². The summed E-state index contributed by atoms with van der Waals surface area (Å²) in [4.78, 5) is 2.42. The fourth-order valence-electron chi connectivity index (χ4n) is 3.86. The van der Waals surface area contributed by atoms with Gasteiger partial charge in [0, 0.05) is 32.2 Å². The SMILES string of the molecule is CC(C)(C)c1ccc(S(=O)(=O)[C@H]2CS(=O)(=O)C[C@@H]2NCCN2CCOCC2)cc1. The van der Waals surface area contributed by atoms with Crippen LogP contribution in [0.25, 0.3) is 0 Å². The molecular weight excluding hydrogens is 412 g/mol. The lowest BCUT2D eigenvalue weighted by Crippen LogP contribution is -2.47. The van der Waals surface area contributed by atoms with Crippen LogP contribution in [-0.2, 0) is 29.8 Å². The van der Waals surface area contributed by atoms with Gasteiger partial charge in [0.2, 0.25) is 0 Å². The first-order valence-corrected chi connectivity index (χ1v) is 13.4. The Hall–Kier alpha value is -1.00. The fourth-order valence-corrected chi connectivity index (χ4v) is 8.58. The molecule has 2 aliphatic rings. The van der Waals surface area contributed by atoms with Gasteiger partial charge in [0.25, 0.3) is 0 Å². The molecule has 1 N–H and O–H groups in total. The molecule has 2 aliphatic heterocycles. The molecule has 7 nitrogen and oxygen atoms in total. The summed E-state index contributed by atoms with van der Waals surface area (Å²) in [7, 11) is -7.15. The largest absolute Gasteiger partial charge is 0.379 e. The Labute approximate surface area is 174 Å². The normalized spacial score (nSPS) is 25.9. The van der Waals surface area contributed by atoms with Crippen LogP contribution in [0.1, 0.15) is 26.3 Å². The predicted octanol–water partition coefficient (Wildman–Crippen LogP) is 0.845. The number of sulfone groups is 2. The molecule has 0 unspecified atom stereocenters. The van der Waals surface area contributed by atoms with Crippen LogP contribution >= 0.6 is 0 Å². The lowest BCUT2D eigenvalue weighted by Gasteiger charge is -2.28. The number of hydrogen-bond acceptors (Lipinski definition) is 7. The number of nitrogens with one attached hydrogen (secondary N) is 1. The molecule has 0 saturated carbocycles. The van der Waals surface area contributed by atoms with Crippen molar-refractivity contribution in [2.24, 2.45) is 0 Å². The summed E-state index contributed by atoms with van der Waals surface area (Å²) in [5, 5.41) is 2.24. The van der Waals surface area contributed by atoms with Crippen LogP contribution in [0.3, 0.4) is 0 Å². The number of ether oxygens (including phenoxy) is 1. The third-order valence-corrected chi connectivity index (χ3v) is 9.85. The summed E-state index contributed by atoms with van der Waals surface area (Å²) in [6, 6.07) is 6.25. The molecule has 0 spiro atoms. The Balaban J connectivity index is 1.72. The summed E-state index contributed by atoms with van der Waals surface area (Å²) in [5.41, 5.74) is 0.957. The van der Waals surface area contributed by atoms with Crippen molar-refractivity contribution >= 4 is 19.7 Å². The molecule has 9 heteroatoms. The monoisotopic (exact) mass is 444 g/mol. The third kappa shape index (κ3) is 5.58. The maximum absolute atomic E-state index is 13.2. The van der Waals surface area contributed by atoms with Crippen molar-refractivity contribution in [1.29, 1.82) is 0 Å². The lowest BCUT2D eigenvalue weighted by molar-refractivity contribution is 0.0382. The molecule has 2 saturated heterocycles. The molecule has 29 heavy (non-hydrogen) atoms. The van der Waals surface area contributed by atoms with Gasteiger partial charge in [-0.2, -0.15) is 0 Å². The molecule has 2 fully saturated rings. The number of nitrogens with zero attached hydrogens (tertiary/aromatic N) is 1. The van der Waals surface area contributed by atoms with Gasteiger partial charge in [0.05, 0.1) is 34.9 Å². The molecule has 0 aliphatic carbocycles. The van der Waals surface area contributed by atoms with Crippen molar-refractivity contribution in [1.82, 2.24) is 10.2 Å². The van der Waals surface area contributed by atoms with E-state index in [0.29, 0.717) is 19.8 Å². The van der Waals surface area contributed by atoms with Crippen molar-refractivity contribution in [3.05, 3.63) is 29.8 Å². The summed E-state index contributed by atoms with van der Waals surface area (Å²) in [6.45, 7) is 10.6. The van der Waals surface area contributed by atoms with Crippen LogP contribution in [-0.4, -0.2) is 83.9 Å². The highest BCUT2D eigenvalue weighted by atomic mass is 32.2. The second-order valence-corrected chi connectivity index (χ2v) is 13.3. The number of hydrogen-bond donors (Lipinski definition) is 1. The average Bonchev–Trinajstić information content (AvgIpc) is 2.97. The maximum Gasteiger partial charge on any atom is 0.183 e. The van der Waals surface area contributed by atoms with Gasteiger partial charge in [-0.3, -0.25) is 4.90 Å². The van der Waals surface area contributed by atoms with E-state index in [9.17, 15) is 16.8 Å². The molecule has 1 aromatic carbocycles. The van der Waals surface area contributed by atoms with Crippen molar-refractivity contribution in [2.45, 2.75) is 42.4 Å². The lowest BCUT2D eigenvalue weighted by atomic mass is 9.87. The zero-order valence-electron chi connectivity index (χ0n) is 17.4. The first kappa shape index (κ1) is 22.7. The number of rotatable bonds is 6. The van der Waals surface area contributed by atoms with Gasteiger partial charge >= 0.3 is 0 Å². The average molecular weight is 445 g/mol. The summed E-state index contributed by atoms with van der Waals surface area (Å²) in [5.74, 6) is -0.467. The number of morpholine rings is 1. The highest BCUT2D eigenvalue weighted by Crippen LogP contribution is 2.28. The minimum atomic E-state index is -3.75. The topological polar surface area (TPSA) is 92.8 Å². The van der Waals surface area contributed by atoms with Crippen LogP contribution in [0, 0.1) is 0 Å². The molecule has 0 amide bonds. The van der Waals surface area contributed by atoms with Crippen LogP contribution in [0.15, 0.2) is 29.2 Å². The van der Waals surface area contributed by atoms with Crippen LogP contribution in [0.5, 0.6) is 0 Å². The quantitative estimate of drug-likeness (QED) is 0.695. The van der Waals surface area contributed by atoms with Gasteiger partial charge in [0.1, 0.15) is 0 Å². The minimum Gasteiger partial charge on any atom is -0.379 e. The summed E-state index contributed by atoms with van der Waals surface area (Å²) < 4.78 is 56.3. The molecule has 2 heterocycles. The van der Waals surface area contributed by atoms with E-state index >= 15 is 0 Å². The van der Waals surface area contributed by atoms with Crippen molar-refractivity contribution < 1.29 is 21.6 Å². The fraction of sp³-hybridized carbons (Fsp3) is 0.700. The Morgan fingerprint density at radius 2 is 1.72 bits per heavy atom. The Kier molecular flexibility index (Phi) is 6.75. The highest BCUT2D eigenvalue weighted by molar-refractivity contribution is 7.96. The molecule has 0 bridgehead atoms. The van der Waals surface area contributed by atoms with E-state index in [1.54, 1.807) is 12.1 Å². The first-order valence-electron chi connectivity index (χ1n) is 10.1. The van der Waals surface area contributed by atoms with Crippen molar-refractivity contribution in [3.63, 3.8) is 0 Å². The Morgan fingerprint density at radius 1 is 1.10 bits per heavy atom. The molecule has 2 atom stereocenters. The third-order valence-electron chi connectivity index (χ3n) is 5.69. The Morgan fingerprint density at radius 3 is 2.31 bits per heavy atom. The molecule has 0 aromatic heterocycles. The molecular formula is C20H32N2O5S2. The smallest absolute Gasteiger partial charge is 0.183 e. The van der Waals surface area contributed by atoms with E-state index in [1.807, 2.05) is 12.1 Å². The molecule has 0 radical (unpaired) electrons. The van der Waals surface area contributed by atoms with Crippen LogP contribution in [0.4, 0.5) is 0 Å². The molecule has 164 valence electrons. The highest BCUT2D eigenvalue weighted by Gasteiger charge is 2.45. The summed E-state index contributed by atoms with van der Waals surface area (Å²) >= 11 is 0. The second-order valence-electron chi connectivity index (χ2n) is 8.95. The van der Waals surface area contributed by atoms with Gasteiger partial charge in [-0.1, -0.05) is 32.9 Å². The second kappa shape index (κ2) is 8.63. The van der Waals surface area contributed by atoms with E-state index in [2.05, 4.69) is 31.0 Å².